The first kappa shape index (κ1) is 23.4. The number of amides is 1. The molecular weight excluding hydrogens is 429 g/mol. The molecule has 1 heterocycles. The van der Waals surface area contributed by atoms with E-state index in [1.54, 1.807) is 29.2 Å². The molecule has 3 rings (SSSR count). The summed E-state index contributed by atoms with van der Waals surface area (Å²) in [6.45, 7) is 3.50. The predicted molar refractivity (Wildman–Crippen MR) is 124 cm³/mol. The van der Waals surface area contributed by atoms with Crippen LogP contribution in [0.25, 0.3) is 10.2 Å². The van der Waals surface area contributed by atoms with Gasteiger partial charge in [0.2, 0.25) is 0 Å². The van der Waals surface area contributed by atoms with Gasteiger partial charge in [-0.25, -0.2) is 4.98 Å². The van der Waals surface area contributed by atoms with Crippen LogP contribution in [0.15, 0.2) is 42.5 Å². The van der Waals surface area contributed by atoms with Gasteiger partial charge in [-0.2, -0.15) is 0 Å². The number of fused-ring (bicyclic) bond motifs is 1. The Morgan fingerprint density at radius 1 is 1.14 bits per heavy atom. The van der Waals surface area contributed by atoms with E-state index in [0.29, 0.717) is 22.4 Å². The van der Waals surface area contributed by atoms with Crippen LogP contribution in [-0.2, 0) is 4.79 Å². The van der Waals surface area contributed by atoms with Crippen LogP contribution in [0.5, 0.6) is 5.75 Å². The first-order valence-electron chi connectivity index (χ1n) is 9.13. The highest BCUT2D eigenvalue weighted by atomic mass is 35.5. The molecule has 0 saturated carbocycles. The van der Waals surface area contributed by atoms with Gasteiger partial charge in [0.1, 0.15) is 5.75 Å². The molecule has 0 fully saturated rings. The van der Waals surface area contributed by atoms with E-state index in [-0.39, 0.29) is 24.9 Å². The molecule has 0 aliphatic rings. The standard InChI is InChI=1S/C21H24ClN3O2S.ClH/c1-15-5-10-18-19(13-15)28-21(23-18)25(12-4-11-24(2)3)20(26)14-27-17-8-6-16(22)7-9-17;/h5-10,13H,4,11-12,14H2,1-3H3;1H. The lowest BCUT2D eigenvalue weighted by molar-refractivity contribution is -0.120. The summed E-state index contributed by atoms with van der Waals surface area (Å²) < 4.78 is 6.74. The second-order valence-electron chi connectivity index (χ2n) is 6.91. The molecule has 2 aromatic carbocycles. The third-order valence-electron chi connectivity index (χ3n) is 4.23. The number of hydrogen-bond donors (Lipinski definition) is 0. The Kier molecular flexibility index (Phi) is 8.71. The fraction of sp³-hybridized carbons (Fsp3) is 0.333. The molecule has 0 radical (unpaired) electrons. The molecule has 0 aliphatic carbocycles. The Hall–Kier alpha value is -1.86. The summed E-state index contributed by atoms with van der Waals surface area (Å²) in [5.74, 6) is 0.510. The molecule has 1 amide bonds. The van der Waals surface area contributed by atoms with E-state index in [9.17, 15) is 4.79 Å². The molecule has 5 nitrogen and oxygen atoms in total. The van der Waals surface area contributed by atoms with Gasteiger partial charge in [0.05, 0.1) is 10.2 Å². The van der Waals surface area contributed by atoms with Gasteiger partial charge in [0.25, 0.3) is 5.91 Å². The largest absolute Gasteiger partial charge is 0.484 e. The lowest BCUT2D eigenvalue weighted by Crippen LogP contribution is -2.36. The van der Waals surface area contributed by atoms with Crippen molar-refractivity contribution >= 4 is 56.6 Å². The second-order valence-corrected chi connectivity index (χ2v) is 8.36. The fourth-order valence-corrected chi connectivity index (χ4v) is 3.99. The number of carbonyl (C=O) groups is 1. The van der Waals surface area contributed by atoms with E-state index in [0.717, 1.165) is 23.2 Å². The number of aryl methyl sites for hydroxylation is 1. The van der Waals surface area contributed by atoms with Crippen LogP contribution in [0.4, 0.5) is 5.13 Å². The second kappa shape index (κ2) is 10.8. The zero-order valence-electron chi connectivity index (χ0n) is 16.7. The highest BCUT2D eigenvalue weighted by Gasteiger charge is 2.20. The molecule has 3 aromatic rings. The molecule has 29 heavy (non-hydrogen) atoms. The van der Waals surface area contributed by atoms with E-state index >= 15 is 0 Å². The number of rotatable bonds is 8. The van der Waals surface area contributed by atoms with E-state index < -0.39 is 0 Å². The zero-order chi connectivity index (χ0) is 20.1. The van der Waals surface area contributed by atoms with Crippen molar-refractivity contribution in [1.82, 2.24) is 9.88 Å². The zero-order valence-corrected chi connectivity index (χ0v) is 19.1. The summed E-state index contributed by atoms with van der Waals surface area (Å²) in [6, 6.07) is 13.1. The van der Waals surface area contributed by atoms with E-state index in [2.05, 4.69) is 22.9 Å². The molecule has 0 saturated heterocycles. The Balaban J connectivity index is 0.00000300. The molecule has 0 N–H and O–H groups in total. The fourth-order valence-electron chi connectivity index (χ4n) is 2.76. The average Bonchev–Trinajstić information content (AvgIpc) is 3.07. The minimum Gasteiger partial charge on any atom is -0.484 e. The van der Waals surface area contributed by atoms with E-state index in [1.807, 2.05) is 26.2 Å². The number of benzene rings is 2. The first-order chi connectivity index (χ1) is 13.4. The summed E-state index contributed by atoms with van der Waals surface area (Å²) in [5, 5.41) is 1.35. The van der Waals surface area contributed by atoms with Crippen molar-refractivity contribution < 1.29 is 9.53 Å². The average molecular weight is 454 g/mol. The molecular formula is C21H25Cl2N3O2S. The smallest absolute Gasteiger partial charge is 0.266 e. The third kappa shape index (κ3) is 6.57. The maximum Gasteiger partial charge on any atom is 0.266 e. The minimum absolute atomic E-state index is 0. The quantitative estimate of drug-likeness (QED) is 0.478. The van der Waals surface area contributed by atoms with Gasteiger partial charge in [-0.15, -0.1) is 12.4 Å². The van der Waals surface area contributed by atoms with Crippen molar-refractivity contribution in [1.29, 1.82) is 0 Å². The molecule has 0 unspecified atom stereocenters. The molecule has 0 bridgehead atoms. The minimum atomic E-state index is -0.107. The van der Waals surface area contributed by atoms with Crippen molar-refractivity contribution in [3.05, 3.63) is 53.1 Å². The van der Waals surface area contributed by atoms with Gasteiger partial charge in [-0.05, 0) is 75.9 Å². The molecule has 0 atom stereocenters. The summed E-state index contributed by atoms with van der Waals surface area (Å²) in [7, 11) is 4.05. The summed E-state index contributed by atoms with van der Waals surface area (Å²) in [4.78, 5) is 21.4. The van der Waals surface area contributed by atoms with Crippen LogP contribution in [0.2, 0.25) is 5.02 Å². The SMILES string of the molecule is Cc1ccc2nc(N(CCCN(C)C)C(=O)COc3ccc(Cl)cc3)sc2c1.Cl. The normalized spacial score (nSPS) is 10.8. The summed E-state index contributed by atoms with van der Waals surface area (Å²) >= 11 is 7.43. The van der Waals surface area contributed by atoms with Crippen LogP contribution in [-0.4, -0.2) is 49.6 Å². The number of ether oxygens (including phenoxy) is 1. The van der Waals surface area contributed by atoms with Crippen molar-refractivity contribution in [2.24, 2.45) is 0 Å². The van der Waals surface area contributed by atoms with Crippen LogP contribution in [0.3, 0.4) is 0 Å². The van der Waals surface area contributed by atoms with Crippen LogP contribution < -0.4 is 9.64 Å². The Morgan fingerprint density at radius 2 is 1.86 bits per heavy atom. The maximum absolute atomic E-state index is 12.9. The lowest BCUT2D eigenvalue weighted by Gasteiger charge is -2.21. The Bertz CT molecular complexity index is 945. The number of aromatic nitrogens is 1. The molecule has 8 heteroatoms. The summed E-state index contributed by atoms with van der Waals surface area (Å²) in [5.41, 5.74) is 2.09. The highest BCUT2D eigenvalue weighted by molar-refractivity contribution is 7.22. The van der Waals surface area contributed by atoms with E-state index in [1.165, 1.54) is 16.9 Å². The van der Waals surface area contributed by atoms with Crippen molar-refractivity contribution in [2.75, 3.05) is 38.7 Å². The molecule has 1 aromatic heterocycles. The third-order valence-corrected chi connectivity index (χ3v) is 5.52. The van der Waals surface area contributed by atoms with Gasteiger partial charge in [0.15, 0.2) is 11.7 Å². The molecule has 0 spiro atoms. The monoisotopic (exact) mass is 453 g/mol. The van der Waals surface area contributed by atoms with E-state index in [4.69, 9.17) is 16.3 Å². The summed E-state index contributed by atoms with van der Waals surface area (Å²) in [6.07, 6.45) is 0.856. The van der Waals surface area contributed by atoms with Crippen LogP contribution >= 0.6 is 35.3 Å². The number of halogens is 2. The predicted octanol–water partition coefficient (Wildman–Crippen LogP) is 5.04. The van der Waals surface area contributed by atoms with Gasteiger partial charge >= 0.3 is 0 Å². The number of anilines is 1. The van der Waals surface area contributed by atoms with Crippen molar-refractivity contribution in [3.63, 3.8) is 0 Å². The van der Waals surface area contributed by atoms with Crippen LogP contribution in [0.1, 0.15) is 12.0 Å². The van der Waals surface area contributed by atoms with Crippen molar-refractivity contribution in [3.8, 4) is 5.75 Å². The van der Waals surface area contributed by atoms with Gasteiger partial charge in [-0.3, -0.25) is 9.69 Å². The van der Waals surface area contributed by atoms with Crippen molar-refractivity contribution in [2.45, 2.75) is 13.3 Å². The number of thiazole rings is 1. The van der Waals surface area contributed by atoms with Gasteiger partial charge in [0, 0.05) is 11.6 Å². The van der Waals surface area contributed by atoms with Crippen LogP contribution in [0, 0.1) is 6.92 Å². The molecule has 0 aliphatic heterocycles. The lowest BCUT2D eigenvalue weighted by atomic mass is 10.2. The number of nitrogens with zero attached hydrogens (tertiary/aromatic N) is 3. The first-order valence-corrected chi connectivity index (χ1v) is 10.3. The number of carbonyl (C=O) groups excluding carboxylic acids is 1. The number of hydrogen-bond acceptors (Lipinski definition) is 5. The highest BCUT2D eigenvalue weighted by Crippen LogP contribution is 2.30. The topological polar surface area (TPSA) is 45.7 Å². The maximum atomic E-state index is 12.9. The van der Waals surface area contributed by atoms with Gasteiger partial charge < -0.3 is 9.64 Å². The molecule has 156 valence electrons. The Labute approximate surface area is 186 Å². The Morgan fingerprint density at radius 3 is 2.55 bits per heavy atom. The van der Waals surface area contributed by atoms with Gasteiger partial charge in [-0.1, -0.05) is 29.0 Å².